The van der Waals surface area contributed by atoms with Crippen molar-refractivity contribution in [2.45, 2.75) is 26.8 Å². The summed E-state index contributed by atoms with van der Waals surface area (Å²) in [6.45, 7) is 6.68. The summed E-state index contributed by atoms with van der Waals surface area (Å²) in [7, 11) is 0. The number of nitrogens with one attached hydrogen (secondary N) is 1. The van der Waals surface area contributed by atoms with Crippen LogP contribution < -0.4 is 11.1 Å². The molecule has 72 valence electrons. The van der Waals surface area contributed by atoms with Crippen LogP contribution in [0.15, 0.2) is 0 Å². The molecule has 0 radical (unpaired) electrons. The minimum Gasteiger partial charge on any atom is -0.449 e. The van der Waals surface area contributed by atoms with E-state index in [-0.39, 0.29) is 12.1 Å². The highest BCUT2D eigenvalue weighted by Crippen LogP contribution is 1.92. The van der Waals surface area contributed by atoms with E-state index in [1.165, 1.54) is 0 Å². The molecule has 4 nitrogen and oxygen atoms in total. The Bertz CT molecular complexity index is 137. The number of ether oxygens (including phenoxy) is 1. The molecule has 0 aromatic heterocycles. The third-order valence-electron chi connectivity index (χ3n) is 1.27. The molecule has 0 aromatic carbocycles. The fraction of sp³-hybridized carbons (Fsp3) is 0.875. The van der Waals surface area contributed by atoms with Gasteiger partial charge in [-0.2, -0.15) is 0 Å². The van der Waals surface area contributed by atoms with E-state index >= 15 is 0 Å². The molecule has 0 heterocycles. The van der Waals surface area contributed by atoms with Crippen molar-refractivity contribution in [3.05, 3.63) is 0 Å². The van der Waals surface area contributed by atoms with Gasteiger partial charge in [0.15, 0.2) is 0 Å². The predicted molar refractivity (Wildman–Crippen MR) is 47.8 cm³/mol. The van der Waals surface area contributed by atoms with Crippen LogP contribution in [0.5, 0.6) is 0 Å². The highest BCUT2D eigenvalue weighted by molar-refractivity contribution is 5.67. The van der Waals surface area contributed by atoms with Crippen molar-refractivity contribution in [2.24, 2.45) is 11.7 Å². The Hall–Kier alpha value is -0.770. The van der Waals surface area contributed by atoms with Gasteiger partial charge in [-0.05, 0) is 12.8 Å². The van der Waals surface area contributed by atoms with Crippen molar-refractivity contribution in [1.29, 1.82) is 0 Å². The monoisotopic (exact) mass is 174 g/mol. The van der Waals surface area contributed by atoms with E-state index in [9.17, 15) is 4.79 Å². The highest BCUT2D eigenvalue weighted by atomic mass is 16.5. The zero-order valence-corrected chi connectivity index (χ0v) is 7.96. The molecular weight excluding hydrogens is 156 g/mol. The molecule has 4 heteroatoms. The second kappa shape index (κ2) is 5.83. The number of rotatable bonds is 4. The number of hydrogen-bond acceptors (Lipinski definition) is 3. The van der Waals surface area contributed by atoms with Crippen molar-refractivity contribution in [2.75, 3.05) is 13.2 Å². The van der Waals surface area contributed by atoms with Gasteiger partial charge in [0.25, 0.3) is 0 Å². The lowest BCUT2D eigenvalue weighted by Crippen LogP contribution is -2.38. The molecule has 12 heavy (non-hydrogen) atoms. The summed E-state index contributed by atoms with van der Waals surface area (Å²) in [6, 6.07) is -0.0235. The Balaban J connectivity index is 3.46. The van der Waals surface area contributed by atoms with Gasteiger partial charge in [0.1, 0.15) is 0 Å². The molecule has 0 rings (SSSR count). The fourth-order valence-corrected chi connectivity index (χ4v) is 0.544. The smallest absolute Gasteiger partial charge is 0.407 e. The Labute approximate surface area is 73.5 Å². The number of carbonyl (C=O) groups is 1. The summed E-state index contributed by atoms with van der Waals surface area (Å²) in [5.41, 5.74) is 5.31. The van der Waals surface area contributed by atoms with Gasteiger partial charge in [0.05, 0.1) is 6.61 Å². The van der Waals surface area contributed by atoms with E-state index in [4.69, 9.17) is 10.5 Å². The maximum absolute atomic E-state index is 10.9. The third-order valence-corrected chi connectivity index (χ3v) is 1.27. The lowest BCUT2D eigenvalue weighted by molar-refractivity contribution is 0.130. The molecule has 1 unspecified atom stereocenters. The zero-order valence-electron chi connectivity index (χ0n) is 7.96. The van der Waals surface area contributed by atoms with Crippen molar-refractivity contribution in [3.8, 4) is 0 Å². The average molecular weight is 174 g/mol. The standard InChI is InChI=1S/C8H18N2O2/c1-6(2)5-12-8(11)10-7(3)4-9/h6-7H,4-5,9H2,1-3H3,(H,10,11). The van der Waals surface area contributed by atoms with Crippen molar-refractivity contribution in [3.63, 3.8) is 0 Å². The van der Waals surface area contributed by atoms with Gasteiger partial charge in [-0.15, -0.1) is 0 Å². The maximum atomic E-state index is 10.9. The molecule has 0 aliphatic rings. The van der Waals surface area contributed by atoms with Gasteiger partial charge < -0.3 is 15.8 Å². The normalized spacial score (nSPS) is 12.8. The van der Waals surface area contributed by atoms with Crippen LogP contribution in [0, 0.1) is 5.92 Å². The predicted octanol–water partition coefficient (Wildman–Crippen LogP) is 0.716. The molecule has 0 spiro atoms. The second-order valence-corrected chi connectivity index (χ2v) is 3.27. The summed E-state index contributed by atoms with van der Waals surface area (Å²) in [4.78, 5) is 10.9. The maximum Gasteiger partial charge on any atom is 0.407 e. The number of amides is 1. The third kappa shape index (κ3) is 5.97. The molecule has 1 amide bonds. The first-order chi connectivity index (χ1) is 5.56. The van der Waals surface area contributed by atoms with Gasteiger partial charge in [0.2, 0.25) is 0 Å². The molecule has 0 fully saturated rings. The van der Waals surface area contributed by atoms with E-state index in [2.05, 4.69) is 5.32 Å². The topological polar surface area (TPSA) is 64.3 Å². The first-order valence-electron chi connectivity index (χ1n) is 4.19. The quantitative estimate of drug-likeness (QED) is 0.660. The minimum atomic E-state index is -0.387. The molecule has 0 aliphatic carbocycles. The SMILES string of the molecule is CC(C)COC(=O)NC(C)CN. The summed E-state index contributed by atoms with van der Waals surface area (Å²) in [5.74, 6) is 0.365. The number of nitrogens with two attached hydrogens (primary N) is 1. The van der Waals surface area contributed by atoms with Crippen LogP contribution in [0.4, 0.5) is 4.79 Å². The van der Waals surface area contributed by atoms with Crippen molar-refractivity contribution >= 4 is 6.09 Å². The van der Waals surface area contributed by atoms with Crippen LogP contribution >= 0.6 is 0 Å². The largest absolute Gasteiger partial charge is 0.449 e. The number of carbonyl (C=O) groups excluding carboxylic acids is 1. The molecule has 1 atom stereocenters. The van der Waals surface area contributed by atoms with Crippen LogP contribution in [-0.4, -0.2) is 25.3 Å². The van der Waals surface area contributed by atoms with Gasteiger partial charge in [-0.25, -0.2) is 4.79 Å². The molecular formula is C8H18N2O2. The molecule has 0 saturated heterocycles. The summed E-state index contributed by atoms with van der Waals surface area (Å²) in [6.07, 6.45) is -0.387. The van der Waals surface area contributed by atoms with Gasteiger partial charge in [0, 0.05) is 12.6 Å². The Morgan fingerprint density at radius 2 is 2.08 bits per heavy atom. The van der Waals surface area contributed by atoms with Crippen LogP contribution in [0.2, 0.25) is 0 Å². The van der Waals surface area contributed by atoms with E-state index in [1.54, 1.807) is 0 Å². The zero-order chi connectivity index (χ0) is 9.56. The first-order valence-corrected chi connectivity index (χ1v) is 4.19. The minimum absolute atomic E-state index is 0.0235. The van der Waals surface area contributed by atoms with Gasteiger partial charge >= 0.3 is 6.09 Å². The lowest BCUT2D eigenvalue weighted by Gasteiger charge is -2.12. The summed E-state index contributed by atoms with van der Waals surface area (Å²) >= 11 is 0. The number of hydrogen-bond donors (Lipinski definition) is 2. The first kappa shape index (κ1) is 11.2. The highest BCUT2D eigenvalue weighted by Gasteiger charge is 2.06. The second-order valence-electron chi connectivity index (χ2n) is 3.27. The molecule has 0 bridgehead atoms. The Morgan fingerprint density at radius 1 is 1.50 bits per heavy atom. The summed E-state index contributed by atoms with van der Waals surface area (Å²) < 4.78 is 4.87. The van der Waals surface area contributed by atoms with Crippen LogP contribution in [0.1, 0.15) is 20.8 Å². The van der Waals surface area contributed by atoms with Crippen LogP contribution in [0.3, 0.4) is 0 Å². The van der Waals surface area contributed by atoms with E-state index in [0.29, 0.717) is 19.1 Å². The van der Waals surface area contributed by atoms with Gasteiger partial charge in [-0.1, -0.05) is 13.8 Å². The molecule has 0 aromatic rings. The summed E-state index contributed by atoms with van der Waals surface area (Å²) in [5, 5.41) is 2.60. The molecule has 3 N–H and O–H groups in total. The van der Waals surface area contributed by atoms with Crippen molar-refractivity contribution in [1.82, 2.24) is 5.32 Å². The van der Waals surface area contributed by atoms with E-state index in [0.717, 1.165) is 0 Å². The van der Waals surface area contributed by atoms with E-state index < -0.39 is 0 Å². The van der Waals surface area contributed by atoms with Crippen LogP contribution in [-0.2, 0) is 4.74 Å². The average Bonchev–Trinajstić information content (AvgIpc) is 2.00. The Kier molecular flexibility index (Phi) is 5.45. The Morgan fingerprint density at radius 3 is 2.50 bits per heavy atom. The fourth-order valence-electron chi connectivity index (χ4n) is 0.544. The molecule has 0 saturated carbocycles. The van der Waals surface area contributed by atoms with Crippen molar-refractivity contribution < 1.29 is 9.53 Å². The van der Waals surface area contributed by atoms with Crippen LogP contribution in [0.25, 0.3) is 0 Å². The lowest BCUT2D eigenvalue weighted by atomic mass is 10.2. The number of alkyl carbamates (subject to hydrolysis) is 1. The van der Waals surface area contributed by atoms with E-state index in [1.807, 2.05) is 20.8 Å². The van der Waals surface area contributed by atoms with Gasteiger partial charge in [-0.3, -0.25) is 0 Å². The molecule has 0 aliphatic heterocycles.